The third-order valence-corrected chi connectivity index (χ3v) is 6.39. The Morgan fingerprint density at radius 3 is 2.84 bits per heavy atom. The molecule has 2 aliphatic heterocycles. The van der Waals surface area contributed by atoms with Crippen molar-refractivity contribution in [3.8, 4) is 0 Å². The maximum Gasteiger partial charge on any atom is 0.315 e. The van der Waals surface area contributed by atoms with Gasteiger partial charge in [0.2, 0.25) is 5.78 Å². The van der Waals surface area contributed by atoms with Crippen molar-refractivity contribution < 1.29 is 18.5 Å². The summed E-state index contributed by atoms with van der Waals surface area (Å²) in [6, 6.07) is 5.46. The van der Waals surface area contributed by atoms with Gasteiger partial charge in [0.25, 0.3) is 0 Å². The number of aromatic nitrogens is 2. The van der Waals surface area contributed by atoms with Gasteiger partial charge in [-0.25, -0.2) is 0 Å². The van der Waals surface area contributed by atoms with E-state index < -0.39 is 10.8 Å². The third-order valence-electron chi connectivity index (χ3n) is 5.01. The lowest BCUT2D eigenvalue weighted by atomic mass is 10.0. The summed E-state index contributed by atoms with van der Waals surface area (Å²) in [5.41, 5.74) is 2.92. The fourth-order valence-corrected chi connectivity index (χ4v) is 5.12. The molecule has 0 amide bonds. The maximum absolute atomic E-state index is 13.2. The summed E-state index contributed by atoms with van der Waals surface area (Å²) >= 11 is 0. The molecule has 25 heavy (non-hydrogen) atoms. The third kappa shape index (κ3) is 2.40. The summed E-state index contributed by atoms with van der Waals surface area (Å²) in [5.74, 6) is -0.0343. The zero-order chi connectivity index (χ0) is 17.7. The van der Waals surface area contributed by atoms with Crippen molar-refractivity contribution in [2.75, 3.05) is 12.4 Å². The molecule has 0 radical (unpaired) electrons. The van der Waals surface area contributed by atoms with Gasteiger partial charge < -0.3 is 13.9 Å². The van der Waals surface area contributed by atoms with E-state index in [9.17, 15) is 13.8 Å². The van der Waals surface area contributed by atoms with Crippen molar-refractivity contribution in [3.05, 3.63) is 40.8 Å². The normalized spacial score (nSPS) is 21.2. The molecule has 0 spiro atoms. The quantitative estimate of drug-likeness (QED) is 0.618. The van der Waals surface area contributed by atoms with Gasteiger partial charge in [0, 0.05) is 24.5 Å². The highest BCUT2D eigenvalue weighted by Gasteiger charge is 2.35. The molecule has 6 nitrogen and oxygen atoms in total. The van der Waals surface area contributed by atoms with Crippen molar-refractivity contribution >= 4 is 22.6 Å². The first kappa shape index (κ1) is 16.3. The van der Waals surface area contributed by atoms with Gasteiger partial charge in [-0.05, 0) is 44.0 Å². The van der Waals surface area contributed by atoms with Crippen LogP contribution >= 0.6 is 0 Å². The Hall–Kier alpha value is -2.15. The largest absolute Gasteiger partial charge is 0.465 e. The summed E-state index contributed by atoms with van der Waals surface area (Å²) in [7, 11) is -1.02. The van der Waals surface area contributed by atoms with E-state index in [1.165, 1.54) is 0 Å². The second-order valence-electron chi connectivity index (χ2n) is 6.43. The smallest absolute Gasteiger partial charge is 0.315 e. The van der Waals surface area contributed by atoms with Gasteiger partial charge in [-0.1, -0.05) is 0 Å². The van der Waals surface area contributed by atoms with Crippen LogP contribution in [0.15, 0.2) is 23.2 Å². The Balaban J connectivity index is 1.72. The number of carbonyl (C=O) groups is 2. The molecule has 2 aromatic heterocycles. The van der Waals surface area contributed by atoms with Crippen LogP contribution in [0.4, 0.5) is 0 Å². The van der Waals surface area contributed by atoms with E-state index in [1.54, 1.807) is 19.1 Å². The number of ketones is 1. The minimum absolute atomic E-state index is 0.0709. The molecule has 0 bridgehead atoms. The molecule has 132 valence electrons. The lowest BCUT2D eigenvalue weighted by molar-refractivity contribution is -0.144. The van der Waals surface area contributed by atoms with Gasteiger partial charge >= 0.3 is 5.97 Å². The van der Waals surface area contributed by atoms with Crippen molar-refractivity contribution in [3.63, 3.8) is 0 Å². The average Bonchev–Trinajstić information content (AvgIpc) is 3.29. The molecular formula is C18H20N2O4S. The summed E-state index contributed by atoms with van der Waals surface area (Å²) < 4.78 is 20.9. The number of nitrogens with zero attached hydrogens (tertiary/aromatic N) is 2. The van der Waals surface area contributed by atoms with Crippen LogP contribution in [0.1, 0.15) is 46.7 Å². The molecule has 2 unspecified atom stereocenters. The van der Waals surface area contributed by atoms with E-state index in [-0.39, 0.29) is 17.7 Å². The van der Waals surface area contributed by atoms with Crippen LogP contribution < -0.4 is 0 Å². The van der Waals surface area contributed by atoms with E-state index >= 15 is 0 Å². The molecule has 0 aliphatic carbocycles. The summed E-state index contributed by atoms with van der Waals surface area (Å²) in [6.45, 7) is 5.28. The Bertz CT molecular complexity index is 909. The minimum Gasteiger partial charge on any atom is -0.465 e. The number of carbonyl (C=O) groups excluding carboxylic acids is 2. The second-order valence-corrected chi connectivity index (χ2v) is 7.95. The van der Waals surface area contributed by atoms with Crippen LogP contribution in [0.5, 0.6) is 0 Å². The summed E-state index contributed by atoms with van der Waals surface area (Å²) in [5, 5.41) is 0.721. The number of rotatable bonds is 4. The first-order chi connectivity index (χ1) is 12.0. The second kappa shape index (κ2) is 5.98. The Kier molecular flexibility index (Phi) is 3.91. The minimum atomic E-state index is -1.02. The first-order valence-electron chi connectivity index (χ1n) is 8.52. The molecule has 4 heterocycles. The van der Waals surface area contributed by atoms with Crippen molar-refractivity contribution in [2.45, 2.75) is 44.3 Å². The summed E-state index contributed by atoms with van der Waals surface area (Å²) in [4.78, 5) is 25.3. The maximum atomic E-state index is 13.2. The zero-order valence-electron chi connectivity index (χ0n) is 14.3. The van der Waals surface area contributed by atoms with Gasteiger partial charge in [-0.2, -0.15) is 0 Å². The lowest BCUT2D eigenvalue weighted by Gasteiger charge is -2.09. The molecule has 0 saturated carbocycles. The highest BCUT2D eigenvalue weighted by molar-refractivity contribution is 7.85. The Morgan fingerprint density at radius 2 is 2.08 bits per heavy atom. The fraction of sp³-hybridized carbons (Fsp3) is 0.444. The van der Waals surface area contributed by atoms with Crippen LogP contribution in [0.25, 0.3) is 0 Å². The van der Waals surface area contributed by atoms with Crippen molar-refractivity contribution in [2.24, 2.45) is 0 Å². The number of hydrogen-bond acceptors (Lipinski definition) is 4. The number of esters is 1. The molecule has 0 N–H and O–H groups in total. The number of hydrogen-bond donors (Lipinski definition) is 0. The average molecular weight is 360 g/mol. The molecule has 0 aromatic carbocycles. The van der Waals surface area contributed by atoms with E-state index in [0.29, 0.717) is 43.3 Å². The fourth-order valence-electron chi connectivity index (χ4n) is 3.91. The molecule has 0 fully saturated rings. The highest BCUT2D eigenvalue weighted by Crippen LogP contribution is 2.35. The van der Waals surface area contributed by atoms with Crippen LogP contribution in [0.3, 0.4) is 0 Å². The predicted molar refractivity (Wildman–Crippen MR) is 92.3 cm³/mol. The number of aryl methyl sites for hydroxylation is 1. The first-order valence-corrected chi connectivity index (χ1v) is 9.84. The Morgan fingerprint density at radius 1 is 1.28 bits per heavy atom. The van der Waals surface area contributed by atoms with Crippen LogP contribution in [-0.4, -0.2) is 37.5 Å². The van der Waals surface area contributed by atoms with Crippen LogP contribution in [-0.2, 0) is 33.4 Å². The van der Waals surface area contributed by atoms with Crippen LogP contribution in [0, 0.1) is 6.92 Å². The molecule has 4 rings (SSSR count). The van der Waals surface area contributed by atoms with E-state index in [2.05, 4.69) is 0 Å². The Labute approximate surface area is 148 Å². The topological polar surface area (TPSA) is 70.3 Å². The molecule has 7 heteroatoms. The van der Waals surface area contributed by atoms with Crippen molar-refractivity contribution in [1.82, 2.24) is 9.13 Å². The SMILES string of the molecule is CCOC(=O)C1CCn2c1cc(C)c2C(=O)c1ccc2n1CCS2=O. The predicted octanol–water partition coefficient (Wildman–Crippen LogP) is 2.00. The lowest BCUT2D eigenvalue weighted by Crippen LogP contribution is -2.15. The van der Waals surface area contributed by atoms with Crippen molar-refractivity contribution in [1.29, 1.82) is 0 Å². The van der Waals surface area contributed by atoms with Gasteiger partial charge in [-0.15, -0.1) is 0 Å². The molecule has 2 aliphatic rings. The van der Waals surface area contributed by atoms with Gasteiger partial charge in [0.05, 0.1) is 34.7 Å². The van der Waals surface area contributed by atoms with Gasteiger partial charge in [0.1, 0.15) is 5.03 Å². The molecular weight excluding hydrogens is 340 g/mol. The standard InChI is InChI=1S/C18H20N2O4S/c1-3-24-18(22)12-6-7-20-14(12)10-11(2)16(20)17(21)13-4-5-15-19(13)8-9-25(15)23/h4-5,10,12H,3,6-9H2,1-2H3. The highest BCUT2D eigenvalue weighted by atomic mass is 32.2. The number of fused-ring (bicyclic) bond motifs is 2. The van der Waals surface area contributed by atoms with Gasteiger partial charge in [0.15, 0.2) is 0 Å². The molecule has 2 atom stereocenters. The van der Waals surface area contributed by atoms with E-state index in [4.69, 9.17) is 4.74 Å². The summed E-state index contributed by atoms with van der Waals surface area (Å²) in [6.07, 6.45) is 0.658. The van der Waals surface area contributed by atoms with Gasteiger partial charge in [-0.3, -0.25) is 13.8 Å². The van der Waals surface area contributed by atoms with Crippen LogP contribution in [0.2, 0.25) is 0 Å². The molecule has 2 aromatic rings. The van der Waals surface area contributed by atoms with E-state index in [0.717, 1.165) is 16.3 Å². The zero-order valence-corrected chi connectivity index (χ0v) is 15.1. The van der Waals surface area contributed by atoms with E-state index in [1.807, 2.05) is 22.1 Å². The number of ether oxygens (including phenoxy) is 1. The molecule has 0 saturated heterocycles. The monoisotopic (exact) mass is 360 g/mol.